The number of carbonyl (C=O) groups is 2. The number of aryl methyl sites for hydroxylation is 2. The van der Waals surface area contributed by atoms with Crippen LogP contribution in [0.15, 0.2) is 59.1 Å². The van der Waals surface area contributed by atoms with E-state index < -0.39 is 38.5 Å². The lowest BCUT2D eigenvalue weighted by Gasteiger charge is -2.45. The molecule has 3 aromatic rings. The van der Waals surface area contributed by atoms with Crippen LogP contribution in [0.3, 0.4) is 0 Å². The molecule has 10 nitrogen and oxygen atoms in total. The van der Waals surface area contributed by atoms with E-state index in [-0.39, 0.29) is 40.2 Å². The first-order valence-electron chi connectivity index (χ1n) is 17.9. The predicted octanol–water partition coefficient (Wildman–Crippen LogP) is 6.42. The van der Waals surface area contributed by atoms with Crippen LogP contribution in [0.1, 0.15) is 77.8 Å². The van der Waals surface area contributed by atoms with E-state index in [9.17, 15) is 18.9 Å². The van der Waals surface area contributed by atoms with Gasteiger partial charge in [0.25, 0.3) is 5.91 Å². The molecule has 12 heteroatoms. The molecule has 1 spiro atoms. The molecule has 3 heterocycles. The van der Waals surface area contributed by atoms with Crippen molar-refractivity contribution in [1.82, 2.24) is 9.78 Å². The third-order valence-electron chi connectivity index (χ3n) is 11.7. The molecule has 2 bridgehead atoms. The Morgan fingerprint density at radius 3 is 2.78 bits per heavy atom. The molecule has 4 aliphatic rings. The van der Waals surface area contributed by atoms with Gasteiger partial charge in [0.1, 0.15) is 11.3 Å². The Morgan fingerprint density at radius 1 is 1.20 bits per heavy atom. The van der Waals surface area contributed by atoms with Crippen molar-refractivity contribution in [3.05, 3.63) is 82.0 Å². The number of aliphatic hydroxyl groups excluding tert-OH is 1. The molecule has 1 fully saturated rings. The monoisotopic (exact) mass is 734 g/mol. The molecule has 0 saturated heterocycles. The quantitative estimate of drug-likeness (QED) is 0.241. The number of carbonyl (C=O) groups excluding carboxylic acids is 2. The van der Waals surface area contributed by atoms with Gasteiger partial charge in [-0.05, 0) is 105 Å². The average molecular weight is 735 g/mol. The fraction of sp³-hybridized carbons (Fsp3) is 0.513. The molecule has 272 valence electrons. The van der Waals surface area contributed by atoms with Gasteiger partial charge < -0.3 is 19.5 Å². The molecule has 1 aromatic heterocycles. The Labute approximate surface area is 305 Å². The molecule has 2 aliphatic carbocycles. The van der Waals surface area contributed by atoms with Gasteiger partial charge in [-0.1, -0.05) is 36.7 Å². The van der Waals surface area contributed by atoms with Gasteiger partial charge in [0.15, 0.2) is 5.78 Å². The van der Waals surface area contributed by atoms with Gasteiger partial charge in [-0.3, -0.25) is 14.3 Å². The summed E-state index contributed by atoms with van der Waals surface area (Å²) in [6, 6.07) is 11.5. The first-order chi connectivity index (χ1) is 24.4. The summed E-state index contributed by atoms with van der Waals surface area (Å²) < 4.78 is 32.8. The number of methoxy groups -OCH3 is 1. The number of allylic oxidation sites excluding steroid dienone is 1. The minimum Gasteiger partial charge on any atom is -0.490 e. The highest BCUT2D eigenvalue weighted by molar-refractivity contribution is 7.95. The number of aromatic nitrogens is 2. The van der Waals surface area contributed by atoms with E-state index in [0.717, 1.165) is 42.8 Å². The van der Waals surface area contributed by atoms with E-state index in [1.807, 2.05) is 37.3 Å². The standard InChI is InChI=1S/C39H47ClN4O6S/c1-24-7-5-9-34(45)30-13-10-28(30)19-44-22-39(16-6-8-26-17-29(40)12-14-32(26)39)23-50-36-15-11-27(18-33(36)44)37(47)42-51(48,25(24)2)21-35(46)31-20-43(3)41-38(31)49-4/h5,9,11-12,14-15,17-18,20,24-25,28,30,34,45H,6-8,10,13,16,19,21-23H2,1-4H3/b9-5+/t24-,25+,28-,30+,34-,39-,51-/m0/s1. The van der Waals surface area contributed by atoms with Crippen LogP contribution in [0, 0.1) is 17.8 Å². The number of Topliss-reactive ketones (excluding diaryl/α,β-unsaturated/α-hetero) is 1. The van der Waals surface area contributed by atoms with Gasteiger partial charge in [0.05, 0.1) is 41.0 Å². The lowest BCUT2D eigenvalue weighted by Crippen LogP contribution is -2.49. The zero-order valence-corrected chi connectivity index (χ0v) is 31.3. The summed E-state index contributed by atoms with van der Waals surface area (Å²) in [6.07, 6.45) is 10.1. The maximum absolute atomic E-state index is 14.9. The number of halogens is 1. The number of aliphatic hydroxyl groups is 1. The molecule has 0 radical (unpaired) electrons. The van der Waals surface area contributed by atoms with E-state index in [2.05, 4.69) is 26.5 Å². The maximum Gasteiger partial charge on any atom is 0.285 e. The molecule has 7 atom stereocenters. The summed E-state index contributed by atoms with van der Waals surface area (Å²) in [5, 5.41) is 15.7. The van der Waals surface area contributed by atoms with Crippen LogP contribution in [0.2, 0.25) is 5.02 Å². The van der Waals surface area contributed by atoms with E-state index in [4.69, 9.17) is 21.1 Å². The SMILES string of the molecule is COc1nn(C)cc1C(=O)C[S@@]1(=O)=NC(=O)c2ccc3c(c2)N(C[C@@H]2CC[C@H]2[C@@H](O)/C=C/C[C@H](C)[C@H]1C)C[C@@]1(CCCc2cc(Cl)ccc21)CO3. The van der Waals surface area contributed by atoms with Crippen molar-refractivity contribution in [2.24, 2.45) is 29.2 Å². The maximum atomic E-state index is 14.9. The van der Waals surface area contributed by atoms with Crippen molar-refractivity contribution >= 4 is 38.7 Å². The fourth-order valence-corrected chi connectivity index (χ4v) is 10.9. The molecule has 2 aromatic carbocycles. The summed E-state index contributed by atoms with van der Waals surface area (Å²) in [6.45, 7) is 5.57. The second kappa shape index (κ2) is 14.0. The summed E-state index contributed by atoms with van der Waals surface area (Å²) in [4.78, 5) is 30.2. The predicted molar refractivity (Wildman–Crippen MR) is 199 cm³/mol. The Balaban J connectivity index is 1.32. The lowest BCUT2D eigenvalue weighted by molar-refractivity contribution is 0.0455. The highest BCUT2D eigenvalue weighted by Crippen LogP contribution is 2.47. The highest BCUT2D eigenvalue weighted by atomic mass is 35.5. The van der Waals surface area contributed by atoms with Crippen molar-refractivity contribution in [2.45, 2.75) is 69.1 Å². The molecule has 7 rings (SSSR count). The Bertz CT molecular complexity index is 2000. The molecular formula is C39H47ClN4O6S. The third-order valence-corrected chi connectivity index (χ3v) is 14.8. The number of amides is 1. The van der Waals surface area contributed by atoms with Gasteiger partial charge in [-0.25, -0.2) is 4.21 Å². The number of ketones is 1. The molecule has 51 heavy (non-hydrogen) atoms. The van der Waals surface area contributed by atoms with Gasteiger partial charge in [0.2, 0.25) is 5.88 Å². The van der Waals surface area contributed by atoms with Crippen LogP contribution in [0.5, 0.6) is 11.6 Å². The van der Waals surface area contributed by atoms with Crippen LogP contribution in [-0.4, -0.2) is 74.7 Å². The Kier molecular flexibility index (Phi) is 9.84. The number of fused-ring (bicyclic) bond motifs is 4. The number of benzene rings is 2. The molecule has 2 aliphatic heterocycles. The van der Waals surface area contributed by atoms with Crippen molar-refractivity contribution in [1.29, 1.82) is 0 Å². The minimum atomic E-state index is -3.45. The smallest absolute Gasteiger partial charge is 0.285 e. The minimum absolute atomic E-state index is 0.0963. The summed E-state index contributed by atoms with van der Waals surface area (Å²) in [7, 11) is -0.352. The van der Waals surface area contributed by atoms with Crippen molar-refractivity contribution < 1.29 is 28.4 Å². The first-order valence-corrected chi connectivity index (χ1v) is 20.1. The number of ether oxygens (including phenoxy) is 2. The topological polar surface area (TPSA) is 123 Å². The van der Waals surface area contributed by atoms with Gasteiger partial charge in [-0.15, -0.1) is 5.10 Å². The van der Waals surface area contributed by atoms with Gasteiger partial charge in [-0.2, -0.15) is 4.36 Å². The van der Waals surface area contributed by atoms with E-state index in [1.54, 1.807) is 20.0 Å². The fourth-order valence-electron chi connectivity index (χ4n) is 8.45. The molecule has 1 saturated carbocycles. The van der Waals surface area contributed by atoms with E-state index in [0.29, 0.717) is 31.9 Å². The van der Waals surface area contributed by atoms with Crippen LogP contribution in [0.25, 0.3) is 0 Å². The van der Waals surface area contributed by atoms with Crippen LogP contribution < -0.4 is 14.4 Å². The van der Waals surface area contributed by atoms with Crippen LogP contribution >= 0.6 is 11.6 Å². The van der Waals surface area contributed by atoms with Crippen molar-refractivity contribution in [3.8, 4) is 11.6 Å². The highest BCUT2D eigenvalue weighted by Gasteiger charge is 2.44. The summed E-state index contributed by atoms with van der Waals surface area (Å²) >= 11 is 6.44. The zero-order chi connectivity index (χ0) is 36.1. The van der Waals surface area contributed by atoms with Crippen molar-refractivity contribution in [2.75, 3.05) is 37.5 Å². The summed E-state index contributed by atoms with van der Waals surface area (Å²) in [5.41, 5.74) is 3.44. The van der Waals surface area contributed by atoms with Crippen molar-refractivity contribution in [3.63, 3.8) is 0 Å². The summed E-state index contributed by atoms with van der Waals surface area (Å²) in [5.74, 6) is -0.613. The first kappa shape index (κ1) is 35.7. The Morgan fingerprint density at radius 2 is 2.02 bits per heavy atom. The normalized spacial score (nSPS) is 31.3. The zero-order valence-electron chi connectivity index (χ0n) is 29.7. The molecular weight excluding hydrogens is 688 g/mol. The average Bonchev–Trinajstić information content (AvgIpc) is 3.41. The van der Waals surface area contributed by atoms with Crippen LogP contribution in [0.4, 0.5) is 5.69 Å². The third kappa shape index (κ3) is 6.84. The van der Waals surface area contributed by atoms with E-state index in [1.165, 1.54) is 29.1 Å². The number of anilines is 1. The second-order valence-corrected chi connectivity index (χ2v) is 18.0. The van der Waals surface area contributed by atoms with E-state index >= 15 is 0 Å². The number of nitrogens with zero attached hydrogens (tertiary/aromatic N) is 4. The van der Waals surface area contributed by atoms with Gasteiger partial charge >= 0.3 is 0 Å². The lowest BCUT2D eigenvalue weighted by atomic mass is 9.68. The van der Waals surface area contributed by atoms with Crippen LogP contribution in [-0.2, 0) is 28.6 Å². The molecule has 1 amide bonds. The Hall–Kier alpha value is -3.67. The van der Waals surface area contributed by atoms with Gasteiger partial charge in [0, 0.05) is 47.6 Å². The second-order valence-electron chi connectivity index (χ2n) is 15.0. The molecule has 1 N–H and O–H groups in total. The number of hydrogen-bond donors (Lipinski definition) is 1. The molecule has 0 unspecified atom stereocenters. The number of rotatable bonds is 4. The number of hydrogen-bond acceptors (Lipinski definition) is 8. The largest absolute Gasteiger partial charge is 0.490 e.